The second kappa shape index (κ2) is 4.86. The second-order valence-corrected chi connectivity index (χ2v) is 5.69. The van der Waals surface area contributed by atoms with Crippen molar-refractivity contribution in [1.82, 2.24) is 9.97 Å². The van der Waals surface area contributed by atoms with E-state index in [0.717, 1.165) is 15.8 Å². The first-order chi connectivity index (χ1) is 9.15. The molecule has 0 amide bonds. The maximum Gasteiger partial charge on any atom is 0.240 e. The zero-order valence-electron chi connectivity index (χ0n) is 9.85. The molecule has 0 aliphatic rings. The molecule has 0 fully saturated rings. The highest BCUT2D eigenvalue weighted by atomic mass is 79.9. The van der Waals surface area contributed by atoms with Crippen LogP contribution in [0.2, 0.25) is 0 Å². The number of benzene rings is 1. The molecule has 6 heteroatoms. The van der Waals surface area contributed by atoms with Gasteiger partial charge in [0.05, 0.1) is 9.99 Å². The van der Waals surface area contributed by atoms with Crippen LogP contribution in [0.15, 0.2) is 34.4 Å². The zero-order chi connectivity index (χ0) is 13.4. The minimum atomic E-state index is -0.356. The van der Waals surface area contributed by atoms with Gasteiger partial charge in [0.25, 0.3) is 0 Å². The number of aryl methyl sites for hydroxylation is 1. The summed E-state index contributed by atoms with van der Waals surface area (Å²) in [6, 6.07) is 4.28. The van der Waals surface area contributed by atoms with Crippen LogP contribution in [-0.2, 0) is 0 Å². The Morgan fingerprint density at radius 3 is 3.00 bits per heavy atom. The molecule has 3 rings (SSSR count). The van der Waals surface area contributed by atoms with Crippen molar-refractivity contribution in [2.45, 2.75) is 6.92 Å². The Bertz CT molecular complexity index is 759. The third kappa shape index (κ3) is 2.33. The van der Waals surface area contributed by atoms with Gasteiger partial charge in [0.1, 0.15) is 22.6 Å². The van der Waals surface area contributed by atoms with Crippen molar-refractivity contribution in [2.24, 2.45) is 0 Å². The maximum atomic E-state index is 13.2. The molecule has 0 spiro atoms. The van der Waals surface area contributed by atoms with Crippen LogP contribution in [0.5, 0.6) is 11.6 Å². The van der Waals surface area contributed by atoms with Gasteiger partial charge in [-0.05, 0) is 45.9 Å². The number of nitrogens with zero attached hydrogens (tertiary/aromatic N) is 2. The Morgan fingerprint density at radius 1 is 1.32 bits per heavy atom. The molecule has 0 aliphatic carbocycles. The smallest absolute Gasteiger partial charge is 0.240 e. The quantitative estimate of drug-likeness (QED) is 0.679. The van der Waals surface area contributed by atoms with E-state index in [2.05, 4.69) is 25.9 Å². The highest BCUT2D eigenvalue weighted by molar-refractivity contribution is 9.10. The van der Waals surface area contributed by atoms with E-state index in [0.29, 0.717) is 16.1 Å². The van der Waals surface area contributed by atoms with E-state index in [1.807, 2.05) is 12.3 Å². The topological polar surface area (TPSA) is 35.0 Å². The highest BCUT2D eigenvalue weighted by Gasteiger charge is 2.12. The normalized spacial score (nSPS) is 10.9. The van der Waals surface area contributed by atoms with Gasteiger partial charge >= 0.3 is 0 Å². The van der Waals surface area contributed by atoms with Crippen molar-refractivity contribution in [3.8, 4) is 11.6 Å². The fraction of sp³-hybridized carbons (Fsp3) is 0.0769. The molecule has 0 bridgehead atoms. The van der Waals surface area contributed by atoms with Gasteiger partial charge in [0.15, 0.2) is 0 Å². The average molecular weight is 339 g/mol. The number of rotatable bonds is 2. The van der Waals surface area contributed by atoms with Crippen LogP contribution in [0.3, 0.4) is 0 Å². The fourth-order valence-corrected chi connectivity index (χ4v) is 2.93. The molecule has 19 heavy (non-hydrogen) atoms. The number of aromatic nitrogens is 2. The first kappa shape index (κ1) is 12.5. The predicted octanol–water partition coefficient (Wildman–Crippen LogP) is 4.69. The van der Waals surface area contributed by atoms with E-state index in [9.17, 15) is 4.39 Å². The van der Waals surface area contributed by atoms with E-state index in [1.165, 1.54) is 29.8 Å². The van der Waals surface area contributed by atoms with Crippen molar-refractivity contribution in [1.29, 1.82) is 0 Å². The molecule has 0 aliphatic heterocycles. The molecule has 96 valence electrons. The lowest BCUT2D eigenvalue weighted by atomic mass is 10.3. The molecule has 2 aromatic heterocycles. The lowest BCUT2D eigenvalue weighted by Crippen LogP contribution is -1.91. The highest BCUT2D eigenvalue weighted by Crippen LogP contribution is 2.35. The molecule has 0 saturated carbocycles. The Labute approximate surface area is 121 Å². The number of hydrogen-bond acceptors (Lipinski definition) is 4. The maximum absolute atomic E-state index is 13.2. The van der Waals surface area contributed by atoms with E-state index >= 15 is 0 Å². The summed E-state index contributed by atoms with van der Waals surface area (Å²) in [7, 11) is 0. The van der Waals surface area contributed by atoms with Gasteiger partial charge in [0, 0.05) is 6.07 Å². The van der Waals surface area contributed by atoms with Crippen molar-refractivity contribution in [3.63, 3.8) is 0 Å². The minimum absolute atomic E-state index is 0.356. The van der Waals surface area contributed by atoms with Crippen LogP contribution in [-0.4, -0.2) is 9.97 Å². The van der Waals surface area contributed by atoms with Crippen LogP contribution >= 0.6 is 27.3 Å². The summed E-state index contributed by atoms with van der Waals surface area (Å²) in [5.41, 5.74) is 1.94. The molecule has 2 heterocycles. The van der Waals surface area contributed by atoms with Gasteiger partial charge in [-0.3, -0.25) is 0 Å². The molecule has 0 atom stereocenters. The number of fused-ring (bicyclic) bond motifs is 1. The molecule has 0 radical (unpaired) electrons. The van der Waals surface area contributed by atoms with Crippen molar-refractivity contribution < 1.29 is 9.13 Å². The lowest BCUT2D eigenvalue weighted by molar-refractivity contribution is 0.461. The first-order valence-electron chi connectivity index (χ1n) is 5.47. The number of ether oxygens (including phenoxy) is 1. The molecule has 3 nitrogen and oxygen atoms in total. The van der Waals surface area contributed by atoms with Crippen LogP contribution < -0.4 is 4.74 Å². The summed E-state index contributed by atoms with van der Waals surface area (Å²) in [6.07, 6.45) is 1.45. The molecular weight excluding hydrogens is 331 g/mol. The predicted molar refractivity (Wildman–Crippen MR) is 76.3 cm³/mol. The number of hydrogen-bond donors (Lipinski definition) is 0. The first-order valence-corrected chi connectivity index (χ1v) is 7.14. The summed E-state index contributed by atoms with van der Waals surface area (Å²) >= 11 is 4.84. The van der Waals surface area contributed by atoms with E-state index in [4.69, 9.17) is 4.74 Å². The minimum Gasteiger partial charge on any atom is -0.436 e. The van der Waals surface area contributed by atoms with Crippen LogP contribution in [0.1, 0.15) is 5.56 Å². The van der Waals surface area contributed by atoms with Crippen LogP contribution in [0.4, 0.5) is 4.39 Å². The molecule has 1 aromatic carbocycles. The van der Waals surface area contributed by atoms with Crippen molar-refractivity contribution in [3.05, 3.63) is 45.8 Å². The van der Waals surface area contributed by atoms with Gasteiger partial charge in [-0.2, -0.15) is 0 Å². The van der Waals surface area contributed by atoms with Crippen LogP contribution in [0.25, 0.3) is 10.2 Å². The van der Waals surface area contributed by atoms with Gasteiger partial charge < -0.3 is 4.74 Å². The summed E-state index contributed by atoms with van der Waals surface area (Å²) in [6.45, 7) is 1.98. The number of halogens is 2. The van der Waals surface area contributed by atoms with Gasteiger partial charge in [0.2, 0.25) is 5.88 Å². The summed E-state index contributed by atoms with van der Waals surface area (Å²) in [4.78, 5) is 8.34. The summed E-state index contributed by atoms with van der Waals surface area (Å²) in [5, 5.41) is 1.99. The molecule has 0 N–H and O–H groups in total. The van der Waals surface area contributed by atoms with Gasteiger partial charge in [-0.25, -0.2) is 14.4 Å². The average Bonchev–Trinajstić information content (AvgIpc) is 2.77. The van der Waals surface area contributed by atoms with E-state index in [1.54, 1.807) is 6.07 Å². The standard InChI is InChI=1S/C13H8BrFN2OS/c1-7-5-19-12-11(7)16-6-17-13(12)18-10-4-8(15)2-3-9(10)14/h2-6H,1H3. The van der Waals surface area contributed by atoms with Crippen LogP contribution in [0, 0.1) is 12.7 Å². The number of thiophene rings is 1. The van der Waals surface area contributed by atoms with Gasteiger partial charge in [-0.15, -0.1) is 11.3 Å². The summed E-state index contributed by atoms with van der Waals surface area (Å²) in [5.74, 6) is 0.478. The third-order valence-electron chi connectivity index (χ3n) is 2.60. The Morgan fingerprint density at radius 2 is 2.16 bits per heavy atom. The van der Waals surface area contributed by atoms with E-state index < -0.39 is 0 Å². The Hall–Kier alpha value is -1.53. The molecular formula is C13H8BrFN2OS. The molecule has 0 unspecified atom stereocenters. The Balaban J connectivity index is 2.08. The largest absolute Gasteiger partial charge is 0.436 e. The van der Waals surface area contributed by atoms with Crippen molar-refractivity contribution >= 4 is 37.5 Å². The zero-order valence-corrected chi connectivity index (χ0v) is 12.3. The monoisotopic (exact) mass is 338 g/mol. The third-order valence-corrected chi connectivity index (χ3v) is 4.33. The lowest BCUT2D eigenvalue weighted by Gasteiger charge is -2.07. The van der Waals surface area contributed by atoms with E-state index in [-0.39, 0.29) is 5.82 Å². The molecule has 3 aromatic rings. The van der Waals surface area contributed by atoms with Crippen molar-refractivity contribution in [2.75, 3.05) is 0 Å². The SMILES string of the molecule is Cc1csc2c(Oc3cc(F)ccc3Br)ncnc12. The summed E-state index contributed by atoms with van der Waals surface area (Å²) < 4.78 is 20.5. The Kier molecular flexibility index (Phi) is 3.20. The molecule has 0 saturated heterocycles. The second-order valence-electron chi connectivity index (χ2n) is 3.95. The van der Waals surface area contributed by atoms with Gasteiger partial charge in [-0.1, -0.05) is 0 Å². The fourth-order valence-electron chi connectivity index (χ4n) is 1.68.